The van der Waals surface area contributed by atoms with E-state index in [4.69, 9.17) is 4.74 Å². The van der Waals surface area contributed by atoms with E-state index in [2.05, 4.69) is 35.7 Å². The minimum atomic E-state index is -2.57. The molecule has 0 aliphatic heterocycles. The fourth-order valence-corrected chi connectivity index (χ4v) is 2.50. The summed E-state index contributed by atoms with van der Waals surface area (Å²) < 4.78 is 32.6. The molecule has 0 aliphatic rings. The Morgan fingerprint density at radius 2 is 1.93 bits per heavy atom. The predicted octanol–water partition coefficient (Wildman–Crippen LogP) is 2.57. The SMILES string of the molecule is Cn1nnc(-c2ccc(C(F)F)cn2)c1COc1ccc(-c2cn[nH]c2)nn1. The third-order valence-corrected chi connectivity index (χ3v) is 4.01. The van der Waals surface area contributed by atoms with E-state index in [1.165, 1.54) is 16.8 Å². The Morgan fingerprint density at radius 1 is 1.07 bits per heavy atom. The van der Waals surface area contributed by atoms with Crippen LogP contribution in [0.2, 0.25) is 0 Å². The number of nitrogens with zero attached hydrogens (tertiary/aromatic N) is 7. The van der Waals surface area contributed by atoms with E-state index in [1.807, 2.05) is 0 Å². The molecule has 0 aliphatic carbocycles. The summed E-state index contributed by atoms with van der Waals surface area (Å²) in [5.74, 6) is 0.320. The lowest BCUT2D eigenvalue weighted by Crippen LogP contribution is -2.06. The summed E-state index contributed by atoms with van der Waals surface area (Å²) >= 11 is 0. The van der Waals surface area contributed by atoms with Gasteiger partial charge < -0.3 is 4.74 Å². The van der Waals surface area contributed by atoms with E-state index < -0.39 is 6.43 Å². The first-order valence-corrected chi connectivity index (χ1v) is 8.20. The lowest BCUT2D eigenvalue weighted by atomic mass is 10.2. The molecule has 0 atom stereocenters. The van der Waals surface area contributed by atoms with Crippen molar-refractivity contribution in [2.75, 3.05) is 0 Å². The maximum atomic E-state index is 12.7. The Hall–Kier alpha value is -3.76. The minimum absolute atomic E-state index is 0.108. The smallest absolute Gasteiger partial charge is 0.265 e. The molecule has 0 amide bonds. The molecule has 1 N–H and O–H groups in total. The van der Waals surface area contributed by atoms with Crippen LogP contribution in [0.4, 0.5) is 8.78 Å². The van der Waals surface area contributed by atoms with E-state index in [0.29, 0.717) is 28.7 Å². The molecule has 0 unspecified atom stereocenters. The van der Waals surface area contributed by atoms with Crippen molar-refractivity contribution in [1.82, 2.24) is 40.4 Å². The predicted molar refractivity (Wildman–Crippen MR) is 93.1 cm³/mol. The minimum Gasteiger partial charge on any atom is -0.470 e. The van der Waals surface area contributed by atoms with Crippen molar-refractivity contribution in [1.29, 1.82) is 0 Å². The first-order chi connectivity index (χ1) is 13.6. The van der Waals surface area contributed by atoms with Gasteiger partial charge in [0.15, 0.2) is 0 Å². The monoisotopic (exact) mass is 384 g/mol. The zero-order valence-corrected chi connectivity index (χ0v) is 14.6. The molecule has 0 radical (unpaired) electrons. The molecule has 9 nitrogen and oxygen atoms in total. The van der Waals surface area contributed by atoms with Gasteiger partial charge in [0.1, 0.15) is 18.0 Å². The van der Waals surface area contributed by atoms with Crippen molar-refractivity contribution in [2.45, 2.75) is 13.0 Å². The number of alkyl halides is 2. The van der Waals surface area contributed by atoms with E-state index in [-0.39, 0.29) is 12.2 Å². The van der Waals surface area contributed by atoms with Crippen LogP contribution < -0.4 is 4.74 Å². The van der Waals surface area contributed by atoms with E-state index in [1.54, 1.807) is 31.6 Å². The molecule has 4 aromatic rings. The number of halogens is 2. The van der Waals surface area contributed by atoms with E-state index in [9.17, 15) is 8.78 Å². The van der Waals surface area contributed by atoms with Gasteiger partial charge in [-0.05, 0) is 18.2 Å². The molecule has 4 aromatic heterocycles. The summed E-state index contributed by atoms with van der Waals surface area (Å²) in [7, 11) is 1.70. The number of nitrogens with one attached hydrogen (secondary N) is 1. The van der Waals surface area contributed by atoms with Crippen molar-refractivity contribution in [2.24, 2.45) is 7.05 Å². The number of ether oxygens (including phenoxy) is 1. The fourth-order valence-electron chi connectivity index (χ4n) is 2.50. The summed E-state index contributed by atoms with van der Waals surface area (Å²) in [4.78, 5) is 4.05. The van der Waals surface area contributed by atoms with Crippen molar-refractivity contribution in [3.63, 3.8) is 0 Å². The Labute approximate surface area is 157 Å². The average molecular weight is 384 g/mol. The van der Waals surface area contributed by atoms with Crippen LogP contribution >= 0.6 is 0 Å². The Bertz CT molecular complexity index is 1050. The van der Waals surface area contributed by atoms with Crippen molar-refractivity contribution >= 4 is 0 Å². The fraction of sp³-hybridized carbons (Fsp3) is 0.176. The normalized spacial score (nSPS) is 11.1. The van der Waals surface area contributed by atoms with Gasteiger partial charge in [-0.3, -0.25) is 10.1 Å². The second kappa shape index (κ2) is 7.47. The van der Waals surface area contributed by atoms with Crippen molar-refractivity contribution < 1.29 is 13.5 Å². The quantitative estimate of drug-likeness (QED) is 0.544. The molecular formula is C17H14F2N8O. The Morgan fingerprint density at radius 3 is 2.57 bits per heavy atom. The number of aromatic nitrogens is 8. The number of rotatable bonds is 6. The average Bonchev–Trinajstić information content (AvgIpc) is 3.37. The van der Waals surface area contributed by atoms with Gasteiger partial charge in [-0.2, -0.15) is 5.10 Å². The topological polar surface area (TPSA) is 107 Å². The Balaban J connectivity index is 1.50. The highest BCUT2D eigenvalue weighted by Crippen LogP contribution is 2.24. The highest BCUT2D eigenvalue weighted by atomic mass is 19.3. The first-order valence-electron chi connectivity index (χ1n) is 8.20. The summed E-state index contributed by atoms with van der Waals surface area (Å²) in [6.45, 7) is 0.108. The maximum Gasteiger partial charge on any atom is 0.265 e. The number of hydrogen-bond donors (Lipinski definition) is 1. The van der Waals surface area contributed by atoms with E-state index in [0.717, 1.165) is 11.8 Å². The molecule has 0 saturated carbocycles. The van der Waals surface area contributed by atoms with Crippen LogP contribution in [0.1, 0.15) is 17.7 Å². The van der Waals surface area contributed by atoms with Gasteiger partial charge >= 0.3 is 0 Å². The number of aryl methyl sites for hydroxylation is 1. The number of hydrogen-bond acceptors (Lipinski definition) is 7. The second-order valence-electron chi connectivity index (χ2n) is 5.82. The molecule has 0 bridgehead atoms. The van der Waals surface area contributed by atoms with Crippen molar-refractivity contribution in [3.8, 4) is 28.5 Å². The molecule has 0 aromatic carbocycles. The highest BCUT2D eigenvalue weighted by Gasteiger charge is 2.16. The lowest BCUT2D eigenvalue weighted by molar-refractivity contribution is 0.151. The van der Waals surface area contributed by atoms with Crippen molar-refractivity contribution in [3.05, 3.63) is 54.1 Å². The molecule has 4 heterocycles. The van der Waals surface area contributed by atoms with Gasteiger partial charge in [0.05, 0.1) is 17.6 Å². The van der Waals surface area contributed by atoms with Gasteiger partial charge in [-0.15, -0.1) is 15.3 Å². The third kappa shape index (κ3) is 3.54. The van der Waals surface area contributed by atoms with E-state index >= 15 is 0 Å². The summed E-state index contributed by atoms with van der Waals surface area (Å²) in [5.41, 5.74) is 2.82. The van der Waals surface area contributed by atoms with Gasteiger partial charge in [0.2, 0.25) is 5.88 Å². The lowest BCUT2D eigenvalue weighted by Gasteiger charge is -2.07. The molecule has 0 saturated heterocycles. The molecule has 4 rings (SSSR count). The third-order valence-electron chi connectivity index (χ3n) is 4.01. The largest absolute Gasteiger partial charge is 0.470 e. The van der Waals surface area contributed by atoms with Crippen LogP contribution in [-0.4, -0.2) is 40.4 Å². The van der Waals surface area contributed by atoms with Crippen LogP contribution in [0.3, 0.4) is 0 Å². The van der Waals surface area contributed by atoms with Gasteiger partial charge in [-0.25, -0.2) is 13.5 Å². The molecule has 28 heavy (non-hydrogen) atoms. The van der Waals surface area contributed by atoms with Crippen LogP contribution in [0, 0.1) is 0 Å². The van der Waals surface area contributed by atoms with Gasteiger partial charge in [0, 0.05) is 36.6 Å². The maximum absolute atomic E-state index is 12.7. The zero-order chi connectivity index (χ0) is 19.5. The van der Waals surface area contributed by atoms with Gasteiger partial charge in [0.25, 0.3) is 6.43 Å². The molecule has 11 heteroatoms. The van der Waals surface area contributed by atoms with Gasteiger partial charge in [-0.1, -0.05) is 5.21 Å². The van der Waals surface area contributed by atoms with Crippen LogP contribution in [-0.2, 0) is 13.7 Å². The Kier molecular flexibility index (Phi) is 4.70. The molecule has 0 spiro atoms. The van der Waals surface area contributed by atoms with Crippen LogP contribution in [0.25, 0.3) is 22.6 Å². The molecular weight excluding hydrogens is 370 g/mol. The summed E-state index contributed by atoms with van der Waals surface area (Å²) in [6.07, 6.45) is 1.91. The standard InChI is InChI=1S/C17H14F2N8O/c1-27-14(16(25-26-27)13-3-2-10(6-20-13)17(18)19)9-28-15-5-4-12(23-24-15)11-7-21-22-8-11/h2-8,17H,9H2,1H3,(H,21,22). The number of pyridine rings is 1. The van der Waals surface area contributed by atoms with Crippen LogP contribution in [0.15, 0.2) is 42.9 Å². The molecule has 0 fully saturated rings. The van der Waals surface area contributed by atoms with Crippen LogP contribution in [0.5, 0.6) is 5.88 Å². The number of aromatic amines is 1. The number of H-pyrrole nitrogens is 1. The highest BCUT2D eigenvalue weighted by molar-refractivity contribution is 5.57. The second-order valence-corrected chi connectivity index (χ2v) is 5.82. The molecule has 142 valence electrons. The summed E-state index contributed by atoms with van der Waals surface area (Å²) in [5, 5.41) is 22.7. The first kappa shape index (κ1) is 17.6. The zero-order valence-electron chi connectivity index (χ0n) is 14.6. The summed E-state index contributed by atoms with van der Waals surface area (Å²) in [6, 6.07) is 6.25.